The molecule has 5 rings (SSSR count). The molecule has 0 aliphatic carbocycles. The van der Waals surface area contributed by atoms with E-state index in [1.807, 2.05) is 72.8 Å². The van der Waals surface area contributed by atoms with Crippen molar-refractivity contribution in [2.24, 2.45) is 0 Å². The standard InChI is InChI=1S/C23H16N2O2/c1-26-18-10-7-15-8-11-19(24-21(15)14-18)17-9-12-20-22(13-17)27-23(25-20)16-5-3-2-4-6-16/h2-14H,1H3. The Kier molecular flexibility index (Phi) is 3.61. The summed E-state index contributed by atoms with van der Waals surface area (Å²) in [4.78, 5) is 9.37. The molecule has 2 heterocycles. The first kappa shape index (κ1) is 15.6. The number of benzene rings is 3. The smallest absolute Gasteiger partial charge is 0.227 e. The summed E-state index contributed by atoms with van der Waals surface area (Å²) in [6.45, 7) is 0. The van der Waals surface area contributed by atoms with Gasteiger partial charge in [0.1, 0.15) is 11.3 Å². The van der Waals surface area contributed by atoms with Crippen molar-refractivity contribution in [1.82, 2.24) is 9.97 Å². The molecule has 0 aliphatic heterocycles. The summed E-state index contributed by atoms with van der Waals surface area (Å²) in [5.74, 6) is 1.42. The Morgan fingerprint density at radius 1 is 0.741 bits per heavy atom. The van der Waals surface area contributed by atoms with Gasteiger partial charge < -0.3 is 9.15 Å². The molecule has 130 valence electrons. The number of aromatic nitrogens is 2. The second-order valence-corrected chi connectivity index (χ2v) is 6.32. The van der Waals surface area contributed by atoms with Crippen molar-refractivity contribution in [2.45, 2.75) is 0 Å². The molecule has 0 unspecified atom stereocenters. The van der Waals surface area contributed by atoms with Crippen LogP contribution in [-0.2, 0) is 0 Å². The van der Waals surface area contributed by atoms with Gasteiger partial charge in [0.05, 0.1) is 18.3 Å². The summed E-state index contributed by atoms with van der Waals surface area (Å²) in [5.41, 5.74) is 5.32. The van der Waals surface area contributed by atoms with E-state index in [2.05, 4.69) is 11.1 Å². The maximum atomic E-state index is 5.98. The summed E-state index contributed by atoms with van der Waals surface area (Å²) in [6, 6.07) is 25.9. The van der Waals surface area contributed by atoms with Crippen LogP contribution in [0, 0.1) is 0 Å². The van der Waals surface area contributed by atoms with Crippen molar-refractivity contribution in [3.63, 3.8) is 0 Å². The van der Waals surface area contributed by atoms with Crippen LogP contribution >= 0.6 is 0 Å². The molecule has 0 atom stereocenters. The van der Waals surface area contributed by atoms with Crippen LogP contribution in [0.15, 0.2) is 83.3 Å². The minimum Gasteiger partial charge on any atom is -0.497 e. The van der Waals surface area contributed by atoms with E-state index in [1.165, 1.54) is 0 Å². The van der Waals surface area contributed by atoms with E-state index in [1.54, 1.807) is 7.11 Å². The van der Waals surface area contributed by atoms with E-state index in [0.717, 1.165) is 44.6 Å². The van der Waals surface area contributed by atoms with Crippen LogP contribution in [0.1, 0.15) is 0 Å². The maximum absolute atomic E-state index is 5.98. The average molecular weight is 352 g/mol. The molecule has 0 N–H and O–H groups in total. The van der Waals surface area contributed by atoms with Crippen LogP contribution in [0.5, 0.6) is 5.75 Å². The third-order valence-electron chi connectivity index (χ3n) is 4.60. The molecule has 0 bridgehead atoms. The van der Waals surface area contributed by atoms with Crippen LogP contribution < -0.4 is 4.74 Å². The molecule has 0 aliphatic rings. The molecule has 2 aromatic heterocycles. The Labute approximate surface area is 156 Å². The lowest BCUT2D eigenvalue weighted by atomic mass is 10.1. The normalized spacial score (nSPS) is 11.1. The van der Waals surface area contributed by atoms with Crippen molar-refractivity contribution in [2.75, 3.05) is 7.11 Å². The Bertz CT molecular complexity index is 1260. The van der Waals surface area contributed by atoms with Crippen LogP contribution in [0.2, 0.25) is 0 Å². The molecule has 0 fully saturated rings. The number of oxazole rings is 1. The zero-order valence-electron chi connectivity index (χ0n) is 14.7. The Hall–Kier alpha value is -3.66. The number of hydrogen-bond acceptors (Lipinski definition) is 4. The molecule has 27 heavy (non-hydrogen) atoms. The highest BCUT2D eigenvalue weighted by Crippen LogP contribution is 2.29. The number of methoxy groups -OCH3 is 1. The highest BCUT2D eigenvalue weighted by Gasteiger charge is 2.10. The van der Waals surface area contributed by atoms with Gasteiger partial charge in [-0.15, -0.1) is 0 Å². The molecule has 0 saturated heterocycles. The second kappa shape index (κ2) is 6.25. The quantitative estimate of drug-likeness (QED) is 0.417. The van der Waals surface area contributed by atoms with Gasteiger partial charge in [-0.3, -0.25) is 0 Å². The number of fused-ring (bicyclic) bond motifs is 2. The third-order valence-corrected chi connectivity index (χ3v) is 4.60. The molecule has 0 saturated carbocycles. The third kappa shape index (κ3) is 2.81. The van der Waals surface area contributed by atoms with Crippen molar-refractivity contribution in [3.8, 4) is 28.5 Å². The number of nitrogens with zero attached hydrogens (tertiary/aromatic N) is 2. The van der Waals surface area contributed by atoms with E-state index in [9.17, 15) is 0 Å². The largest absolute Gasteiger partial charge is 0.497 e. The highest BCUT2D eigenvalue weighted by atomic mass is 16.5. The molecule has 4 heteroatoms. The number of rotatable bonds is 3. The lowest BCUT2D eigenvalue weighted by Gasteiger charge is -2.05. The van der Waals surface area contributed by atoms with Crippen molar-refractivity contribution >= 4 is 22.0 Å². The van der Waals surface area contributed by atoms with E-state index in [-0.39, 0.29) is 0 Å². The molecule has 0 radical (unpaired) electrons. The van der Waals surface area contributed by atoms with E-state index < -0.39 is 0 Å². The first-order valence-electron chi connectivity index (χ1n) is 8.71. The van der Waals surface area contributed by atoms with Gasteiger partial charge >= 0.3 is 0 Å². The predicted octanol–water partition coefficient (Wildman–Crippen LogP) is 5.72. The van der Waals surface area contributed by atoms with E-state index in [0.29, 0.717) is 5.89 Å². The summed E-state index contributed by atoms with van der Waals surface area (Å²) in [6.07, 6.45) is 0. The molecule has 0 spiro atoms. The fourth-order valence-corrected chi connectivity index (χ4v) is 3.17. The zero-order valence-corrected chi connectivity index (χ0v) is 14.7. The SMILES string of the molecule is COc1ccc2ccc(-c3ccc4nc(-c5ccccc5)oc4c3)nc2c1. The van der Waals surface area contributed by atoms with E-state index >= 15 is 0 Å². The van der Waals surface area contributed by atoms with Crippen LogP contribution in [0.25, 0.3) is 44.7 Å². The van der Waals surface area contributed by atoms with Crippen LogP contribution in [0.4, 0.5) is 0 Å². The topological polar surface area (TPSA) is 48.2 Å². The number of pyridine rings is 1. The minimum absolute atomic E-state index is 0.624. The molecule has 0 amide bonds. The fraction of sp³-hybridized carbons (Fsp3) is 0.0435. The minimum atomic E-state index is 0.624. The first-order chi connectivity index (χ1) is 13.3. The van der Waals surface area contributed by atoms with Crippen LogP contribution in [-0.4, -0.2) is 17.1 Å². The zero-order chi connectivity index (χ0) is 18.2. The number of ether oxygens (including phenoxy) is 1. The molecular weight excluding hydrogens is 336 g/mol. The molecule has 5 aromatic rings. The number of hydrogen-bond donors (Lipinski definition) is 0. The Morgan fingerprint density at radius 3 is 2.44 bits per heavy atom. The molecule has 4 nitrogen and oxygen atoms in total. The highest BCUT2D eigenvalue weighted by molar-refractivity contribution is 5.85. The van der Waals surface area contributed by atoms with Crippen molar-refractivity contribution in [1.29, 1.82) is 0 Å². The lowest BCUT2D eigenvalue weighted by molar-refractivity contribution is 0.415. The summed E-state index contributed by atoms with van der Waals surface area (Å²) in [5, 5.41) is 1.08. The van der Waals surface area contributed by atoms with Gasteiger partial charge in [0.25, 0.3) is 0 Å². The summed E-state index contributed by atoms with van der Waals surface area (Å²) < 4.78 is 11.3. The Morgan fingerprint density at radius 2 is 1.59 bits per heavy atom. The average Bonchev–Trinajstić information content (AvgIpc) is 3.17. The summed E-state index contributed by atoms with van der Waals surface area (Å²) in [7, 11) is 1.66. The van der Waals surface area contributed by atoms with Crippen molar-refractivity contribution in [3.05, 3.63) is 78.9 Å². The van der Waals surface area contributed by atoms with Gasteiger partial charge in [-0.2, -0.15) is 0 Å². The predicted molar refractivity (Wildman–Crippen MR) is 107 cm³/mol. The van der Waals surface area contributed by atoms with Gasteiger partial charge in [0.15, 0.2) is 5.58 Å². The van der Waals surface area contributed by atoms with Gasteiger partial charge in [-0.25, -0.2) is 9.97 Å². The maximum Gasteiger partial charge on any atom is 0.227 e. The molecular formula is C23H16N2O2. The van der Waals surface area contributed by atoms with Crippen LogP contribution in [0.3, 0.4) is 0 Å². The second-order valence-electron chi connectivity index (χ2n) is 6.32. The monoisotopic (exact) mass is 352 g/mol. The van der Waals surface area contributed by atoms with Gasteiger partial charge in [0, 0.05) is 22.6 Å². The molecule has 3 aromatic carbocycles. The van der Waals surface area contributed by atoms with Gasteiger partial charge in [-0.1, -0.05) is 30.3 Å². The van der Waals surface area contributed by atoms with E-state index in [4.69, 9.17) is 14.1 Å². The van der Waals surface area contributed by atoms with Crippen molar-refractivity contribution < 1.29 is 9.15 Å². The van der Waals surface area contributed by atoms with Gasteiger partial charge in [0.2, 0.25) is 5.89 Å². The lowest BCUT2D eigenvalue weighted by Crippen LogP contribution is -1.87. The first-order valence-corrected chi connectivity index (χ1v) is 8.71. The summed E-state index contributed by atoms with van der Waals surface area (Å²) >= 11 is 0. The van der Waals surface area contributed by atoms with Gasteiger partial charge in [-0.05, 0) is 42.5 Å². The Balaban J connectivity index is 1.59. The fourth-order valence-electron chi connectivity index (χ4n) is 3.17.